The number of aryl methyl sites for hydroxylation is 3. The Labute approximate surface area is 141 Å². The quantitative estimate of drug-likeness (QED) is 0.722. The minimum Gasteiger partial charge on any atom is -0.497 e. The molecule has 0 saturated heterocycles. The van der Waals surface area contributed by atoms with Crippen LogP contribution in [-0.2, 0) is 0 Å². The molecule has 3 aromatic rings. The predicted octanol–water partition coefficient (Wildman–Crippen LogP) is 4.34. The summed E-state index contributed by atoms with van der Waals surface area (Å²) in [7, 11) is 1.67. The van der Waals surface area contributed by atoms with Gasteiger partial charge in [0.2, 0.25) is 0 Å². The van der Waals surface area contributed by atoms with E-state index >= 15 is 0 Å². The lowest BCUT2D eigenvalue weighted by molar-refractivity contribution is 0.414. The van der Waals surface area contributed by atoms with Crippen molar-refractivity contribution in [1.29, 1.82) is 5.26 Å². The second kappa shape index (κ2) is 6.21. The summed E-state index contributed by atoms with van der Waals surface area (Å²) in [6, 6.07) is 16.1. The Morgan fingerprint density at radius 2 is 1.75 bits per heavy atom. The average Bonchev–Trinajstić information content (AvgIpc) is 2.98. The van der Waals surface area contributed by atoms with Gasteiger partial charge in [0.1, 0.15) is 11.8 Å². The van der Waals surface area contributed by atoms with Gasteiger partial charge in [-0.3, -0.25) is 0 Å². The van der Waals surface area contributed by atoms with E-state index < -0.39 is 0 Å². The molecule has 3 rings (SSSR count). The van der Waals surface area contributed by atoms with E-state index in [9.17, 15) is 5.26 Å². The standard InChI is InChI=1S/C20H19N3O/c1-13-6-5-7-17(8-13)23-19(11-16(12-21)22-23)20-14(2)9-18(24-4)10-15(20)3/h5-11H,1-4H3. The molecule has 0 aliphatic heterocycles. The minimum absolute atomic E-state index is 0.404. The number of hydrogen-bond acceptors (Lipinski definition) is 3. The van der Waals surface area contributed by atoms with E-state index in [0.717, 1.165) is 39.4 Å². The fourth-order valence-corrected chi connectivity index (χ4v) is 3.02. The lowest BCUT2D eigenvalue weighted by Crippen LogP contribution is -2.02. The van der Waals surface area contributed by atoms with Gasteiger partial charge in [-0.1, -0.05) is 12.1 Å². The molecule has 4 heteroatoms. The van der Waals surface area contributed by atoms with E-state index in [4.69, 9.17) is 4.74 Å². The third kappa shape index (κ3) is 2.77. The smallest absolute Gasteiger partial charge is 0.163 e. The van der Waals surface area contributed by atoms with Gasteiger partial charge < -0.3 is 4.74 Å². The SMILES string of the molecule is COc1cc(C)c(-c2cc(C#N)nn2-c2cccc(C)c2)c(C)c1. The Morgan fingerprint density at radius 1 is 1.04 bits per heavy atom. The number of methoxy groups -OCH3 is 1. The lowest BCUT2D eigenvalue weighted by Gasteiger charge is -2.14. The fraction of sp³-hybridized carbons (Fsp3) is 0.200. The van der Waals surface area contributed by atoms with Crippen LogP contribution in [-0.4, -0.2) is 16.9 Å². The van der Waals surface area contributed by atoms with Gasteiger partial charge in [-0.05, 0) is 61.7 Å². The number of aromatic nitrogens is 2. The first kappa shape index (κ1) is 15.8. The molecule has 24 heavy (non-hydrogen) atoms. The molecule has 0 radical (unpaired) electrons. The molecule has 120 valence electrons. The Balaban J connectivity index is 2.26. The lowest BCUT2D eigenvalue weighted by atomic mass is 9.99. The molecule has 0 atom stereocenters. The van der Waals surface area contributed by atoms with Crippen molar-refractivity contribution in [2.45, 2.75) is 20.8 Å². The average molecular weight is 317 g/mol. The van der Waals surface area contributed by atoms with Gasteiger partial charge in [0.25, 0.3) is 0 Å². The van der Waals surface area contributed by atoms with Crippen molar-refractivity contribution < 1.29 is 4.74 Å². The third-order valence-corrected chi connectivity index (χ3v) is 4.07. The molecule has 0 aliphatic carbocycles. The second-order valence-corrected chi connectivity index (χ2v) is 5.91. The van der Waals surface area contributed by atoms with Crippen LogP contribution in [0.25, 0.3) is 16.9 Å². The molecular formula is C20H19N3O. The summed E-state index contributed by atoms with van der Waals surface area (Å²) < 4.78 is 7.19. The van der Waals surface area contributed by atoms with Crippen LogP contribution in [0.2, 0.25) is 0 Å². The summed E-state index contributed by atoms with van der Waals surface area (Å²) in [5.74, 6) is 0.830. The van der Waals surface area contributed by atoms with E-state index in [1.165, 1.54) is 0 Å². The zero-order valence-corrected chi connectivity index (χ0v) is 14.3. The van der Waals surface area contributed by atoms with Gasteiger partial charge in [0, 0.05) is 11.6 Å². The maximum Gasteiger partial charge on any atom is 0.163 e. The first-order valence-corrected chi connectivity index (χ1v) is 7.76. The van der Waals surface area contributed by atoms with Gasteiger partial charge in [-0.2, -0.15) is 10.4 Å². The molecule has 0 aliphatic rings. The molecule has 0 bridgehead atoms. The predicted molar refractivity (Wildman–Crippen MR) is 94.5 cm³/mol. The Morgan fingerprint density at radius 3 is 2.33 bits per heavy atom. The highest BCUT2D eigenvalue weighted by molar-refractivity contribution is 5.71. The van der Waals surface area contributed by atoms with Gasteiger partial charge in [0.05, 0.1) is 18.5 Å². The van der Waals surface area contributed by atoms with E-state index in [1.807, 2.05) is 61.9 Å². The monoisotopic (exact) mass is 317 g/mol. The number of nitrogens with zero attached hydrogens (tertiary/aromatic N) is 3. The number of rotatable bonds is 3. The first-order chi connectivity index (χ1) is 11.5. The highest BCUT2D eigenvalue weighted by atomic mass is 16.5. The number of nitriles is 1. The van der Waals surface area contributed by atoms with Crippen LogP contribution in [0.1, 0.15) is 22.4 Å². The summed E-state index contributed by atoms with van der Waals surface area (Å²) in [5.41, 5.74) is 6.66. The minimum atomic E-state index is 0.404. The van der Waals surface area contributed by atoms with E-state index in [2.05, 4.69) is 17.2 Å². The van der Waals surface area contributed by atoms with E-state index in [0.29, 0.717) is 5.69 Å². The summed E-state index contributed by atoms with van der Waals surface area (Å²) in [6.07, 6.45) is 0. The molecule has 0 N–H and O–H groups in total. The maximum absolute atomic E-state index is 9.30. The summed E-state index contributed by atoms with van der Waals surface area (Å²) in [4.78, 5) is 0. The molecule has 0 spiro atoms. The van der Waals surface area contributed by atoms with Gasteiger partial charge >= 0.3 is 0 Å². The fourth-order valence-electron chi connectivity index (χ4n) is 3.02. The van der Waals surface area contributed by atoms with Gasteiger partial charge in [-0.15, -0.1) is 0 Å². The highest BCUT2D eigenvalue weighted by Crippen LogP contribution is 2.33. The van der Waals surface area contributed by atoms with Crippen molar-refractivity contribution in [2.24, 2.45) is 0 Å². The van der Waals surface area contributed by atoms with Crippen LogP contribution >= 0.6 is 0 Å². The summed E-state index contributed by atoms with van der Waals surface area (Å²) >= 11 is 0. The van der Waals surface area contributed by atoms with Crippen molar-refractivity contribution in [2.75, 3.05) is 7.11 Å². The summed E-state index contributed by atoms with van der Waals surface area (Å²) in [5, 5.41) is 13.8. The molecule has 1 aromatic heterocycles. The molecule has 0 amide bonds. The normalized spacial score (nSPS) is 10.5. The molecule has 1 heterocycles. The maximum atomic E-state index is 9.30. The molecule has 0 unspecified atom stereocenters. The first-order valence-electron chi connectivity index (χ1n) is 7.76. The van der Waals surface area contributed by atoms with Crippen LogP contribution in [0.15, 0.2) is 42.5 Å². The number of hydrogen-bond donors (Lipinski definition) is 0. The van der Waals surface area contributed by atoms with Crippen molar-refractivity contribution >= 4 is 0 Å². The Hall–Kier alpha value is -3.06. The molecule has 2 aromatic carbocycles. The molecule has 0 fully saturated rings. The Kier molecular flexibility index (Phi) is 4.09. The van der Waals surface area contributed by atoms with Crippen molar-refractivity contribution in [3.05, 3.63) is 64.8 Å². The van der Waals surface area contributed by atoms with Crippen LogP contribution in [0.3, 0.4) is 0 Å². The van der Waals surface area contributed by atoms with Gasteiger partial charge in [0.15, 0.2) is 5.69 Å². The highest BCUT2D eigenvalue weighted by Gasteiger charge is 2.16. The van der Waals surface area contributed by atoms with Crippen molar-refractivity contribution in [3.63, 3.8) is 0 Å². The van der Waals surface area contributed by atoms with Crippen molar-refractivity contribution in [3.8, 4) is 28.8 Å². The third-order valence-electron chi connectivity index (χ3n) is 4.07. The Bertz CT molecular complexity index is 925. The molecule has 4 nitrogen and oxygen atoms in total. The number of ether oxygens (including phenoxy) is 1. The van der Waals surface area contributed by atoms with E-state index in [-0.39, 0.29) is 0 Å². The molecular weight excluding hydrogens is 298 g/mol. The van der Waals surface area contributed by atoms with Crippen LogP contribution < -0.4 is 4.74 Å². The number of benzene rings is 2. The zero-order chi connectivity index (χ0) is 17.3. The van der Waals surface area contributed by atoms with Crippen molar-refractivity contribution in [1.82, 2.24) is 9.78 Å². The van der Waals surface area contributed by atoms with Gasteiger partial charge in [-0.25, -0.2) is 4.68 Å². The topological polar surface area (TPSA) is 50.8 Å². The van der Waals surface area contributed by atoms with Crippen LogP contribution in [0.5, 0.6) is 5.75 Å². The summed E-state index contributed by atoms with van der Waals surface area (Å²) in [6.45, 7) is 6.14. The van der Waals surface area contributed by atoms with Crippen LogP contribution in [0.4, 0.5) is 0 Å². The van der Waals surface area contributed by atoms with Crippen LogP contribution in [0, 0.1) is 32.1 Å². The largest absolute Gasteiger partial charge is 0.497 e. The second-order valence-electron chi connectivity index (χ2n) is 5.91. The molecule has 0 saturated carbocycles. The zero-order valence-electron chi connectivity index (χ0n) is 14.3. The van der Waals surface area contributed by atoms with E-state index in [1.54, 1.807) is 7.11 Å².